The van der Waals surface area contributed by atoms with Gasteiger partial charge in [-0.25, -0.2) is 4.98 Å². The van der Waals surface area contributed by atoms with Gasteiger partial charge in [0.25, 0.3) is 5.91 Å². The number of nitrogens with zero attached hydrogens (tertiary/aromatic N) is 4. The minimum absolute atomic E-state index is 0.0619. The van der Waals surface area contributed by atoms with Crippen LogP contribution in [0.2, 0.25) is 0 Å². The second kappa shape index (κ2) is 8.68. The maximum atomic E-state index is 13.2. The highest BCUT2D eigenvalue weighted by molar-refractivity contribution is 7.98. The molecule has 0 unspecified atom stereocenters. The predicted molar refractivity (Wildman–Crippen MR) is 122 cm³/mol. The Balaban J connectivity index is 1.46. The van der Waals surface area contributed by atoms with Gasteiger partial charge in [-0.3, -0.25) is 9.59 Å². The highest BCUT2D eigenvalue weighted by Gasteiger charge is 2.27. The zero-order chi connectivity index (χ0) is 21.3. The highest BCUT2D eigenvalue weighted by atomic mass is 32.2. The van der Waals surface area contributed by atoms with Crippen LogP contribution in [0, 0.1) is 13.8 Å². The van der Waals surface area contributed by atoms with Gasteiger partial charge >= 0.3 is 0 Å². The molecule has 6 nitrogen and oxygen atoms in total. The second-order valence-electron chi connectivity index (χ2n) is 7.97. The molecule has 2 aliphatic heterocycles. The average Bonchev–Trinajstić information content (AvgIpc) is 3.19. The molecule has 0 atom stereocenters. The van der Waals surface area contributed by atoms with E-state index in [-0.39, 0.29) is 11.8 Å². The molecule has 1 aromatic carbocycles. The molecule has 2 saturated heterocycles. The Morgan fingerprint density at radius 3 is 2.47 bits per heavy atom. The molecule has 158 valence electrons. The van der Waals surface area contributed by atoms with Gasteiger partial charge in [-0.15, -0.1) is 11.8 Å². The van der Waals surface area contributed by atoms with Crippen molar-refractivity contribution >= 4 is 35.1 Å². The molecular formula is C23H28N4O2S. The van der Waals surface area contributed by atoms with Crippen molar-refractivity contribution in [3.8, 4) is 0 Å². The van der Waals surface area contributed by atoms with Gasteiger partial charge in [0.1, 0.15) is 5.82 Å². The van der Waals surface area contributed by atoms with Gasteiger partial charge in [-0.1, -0.05) is 6.07 Å². The van der Waals surface area contributed by atoms with Crippen molar-refractivity contribution in [2.45, 2.75) is 31.6 Å². The number of piperazine rings is 1. The van der Waals surface area contributed by atoms with Crippen molar-refractivity contribution < 1.29 is 9.59 Å². The summed E-state index contributed by atoms with van der Waals surface area (Å²) >= 11 is 1.56. The van der Waals surface area contributed by atoms with Crippen LogP contribution in [0.15, 0.2) is 35.4 Å². The SMILES string of the molecule is CSc1cc(N2CCCC2=O)ccc1C(=O)N1CCN(c2ncc(C)cc2C)CC1. The minimum Gasteiger partial charge on any atom is -0.353 e. The van der Waals surface area contributed by atoms with Crippen LogP contribution in [-0.4, -0.2) is 60.7 Å². The highest BCUT2D eigenvalue weighted by Crippen LogP contribution is 2.30. The van der Waals surface area contributed by atoms with Crippen LogP contribution < -0.4 is 9.80 Å². The molecule has 0 bridgehead atoms. The van der Waals surface area contributed by atoms with E-state index in [2.05, 4.69) is 29.8 Å². The summed E-state index contributed by atoms with van der Waals surface area (Å²) in [7, 11) is 0. The summed E-state index contributed by atoms with van der Waals surface area (Å²) in [5.41, 5.74) is 3.94. The summed E-state index contributed by atoms with van der Waals surface area (Å²) in [5, 5.41) is 0. The third-order valence-corrected chi connectivity index (χ3v) is 6.63. The molecule has 3 heterocycles. The number of hydrogen-bond acceptors (Lipinski definition) is 5. The van der Waals surface area contributed by atoms with E-state index < -0.39 is 0 Å². The van der Waals surface area contributed by atoms with Crippen molar-refractivity contribution in [1.82, 2.24) is 9.88 Å². The fourth-order valence-electron chi connectivity index (χ4n) is 4.28. The van der Waals surface area contributed by atoms with E-state index in [4.69, 9.17) is 0 Å². The van der Waals surface area contributed by atoms with E-state index in [0.717, 1.165) is 53.6 Å². The smallest absolute Gasteiger partial charge is 0.255 e. The van der Waals surface area contributed by atoms with Crippen molar-refractivity contribution in [2.75, 3.05) is 48.8 Å². The Morgan fingerprint density at radius 1 is 1.07 bits per heavy atom. The van der Waals surface area contributed by atoms with Crippen LogP contribution in [0.1, 0.15) is 34.3 Å². The molecule has 1 aromatic heterocycles. The second-order valence-corrected chi connectivity index (χ2v) is 8.81. The molecular weight excluding hydrogens is 396 g/mol. The molecule has 2 fully saturated rings. The number of amides is 2. The third kappa shape index (κ3) is 4.03. The molecule has 30 heavy (non-hydrogen) atoms. The molecule has 4 rings (SSSR count). The number of anilines is 2. The summed E-state index contributed by atoms with van der Waals surface area (Å²) in [5.74, 6) is 1.24. The summed E-state index contributed by atoms with van der Waals surface area (Å²) in [4.78, 5) is 36.8. The fraction of sp³-hybridized carbons (Fsp3) is 0.435. The van der Waals surface area contributed by atoms with E-state index >= 15 is 0 Å². The van der Waals surface area contributed by atoms with Crippen molar-refractivity contribution in [1.29, 1.82) is 0 Å². The van der Waals surface area contributed by atoms with Crippen LogP contribution in [-0.2, 0) is 4.79 Å². The first-order valence-corrected chi connectivity index (χ1v) is 11.7. The Bertz CT molecular complexity index is 970. The van der Waals surface area contributed by atoms with Gasteiger partial charge < -0.3 is 14.7 Å². The van der Waals surface area contributed by atoms with Gasteiger partial charge in [0, 0.05) is 55.9 Å². The number of hydrogen-bond donors (Lipinski definition) is 0. The quantitative estimate of drug-likeness (QED) is 0.703. The zero-order valence-corrected chi connectivity index (χ0v) is 18.7. The third-order valence-electron chi connectivity index (χ3n) is 5.85. The monoisotopic (exact) mass is 424 g/mol. The summed E-state index contributed by atoms with van der Waals surface area (Å²) in [6.45, 7) is 7.80. The fourth-order valence-corrected chi connectivity index (χ4v) is 4.89. The summed E-state index contributed by atoms with van der Waals surface area (Å²) < 4.78 is 0. The molecule has 7 heteroatoms. The number of aromatic nitrogens is 1. The van der Waals surface area contributed by atoms with Gasteiger partial charge in [0.2, 0.25) is 5.91 Å². The first-order chi connectivity index (χ1) is 14.5. The van der Waals surface area contributed by atoms with E-state index in [0.29, 0.717) is 19.5 Å². The lowest BCUT2D eigenvalue weighted by molar-refractivity contribution is -0.117. The number of carbonyl (C=O) groups excluding carboxylic acids is 2. The van der Waals surface area contributed by atoms with E-state index in [1.807, 2.05) is 40.5 Å². The average molecular weight is 425 g/mol. The van der Waals surface area contributed by atoms with Crippen LogP contribution in [0.25, 0.3) is 0 Å². The standard InChI is InChI=1S/C23H28N4O2S/c1-16-13-17(2)22(24-15-16)25-9-11-26(12-10-25)23(29)19-7-6-18(14-20(19)30-3)27-8-4-5-21(27)28/h6-7,13-15H,4-5,8-12H2,1-3H3. The minimum atomic E-state index is 0.0619. The molecule has 0 N–H and O–H groups in total. The van der Waals surface area contributed by atoms with E-state index in [9.17, 15) is 9.59 Å². The lowest BCUT2D eigenvalue weighted by atomic mass is 10.1. The maximum absolute atomic E-state index is 13.2. The molecule has 2 aliphatic rings. The van der Waals surface area contributed by atoms with Crippen molar-refractivity contribution in [3.05, 3.63) is 47.2 Å². The molecule has 2 aromatic rings. The van der Waals surface area contributed by atoms with Gasteiger partial charge in [-0.05, 0) is 55.9 Å². The maximum Gasteiger partial charge on any atom is 0.255 e. The molecule has 0 radical (unpaired) electrons. The number of thioether (sulfide) groups is 1. The van der Waals surface area contributed by atoms with Crippen molar-refractivity contribution in [2.24, 2.45) is 0 Å². The van der Waals surface area contributed by atoms with Crippen LogP contribution in [0.4, 0.5) is 11.5 Å². The number of aryl methyl sites for hydroxylation is 2. The molecule has 0 aliphatic carbocycles. The normalized spacial score (nSPS) is 17.0. The molecule has 0 spiro atoms. The van der Waals surface area contributed by atoms with E-state index in [1.165, 1.54) is 5.56 Å². The Hall–Kier alpha value is -2.54. The number of benzene rings is 1. The Labute approximate surface area is 182 Å². The first kappa shape index (κ1) is 20.7. The van der Waals surface area contributed by atoms with E-state index in [1.54, 1.807) is 11.8 Å². The molecule has 2 amide bonds. The van der Waals surface area contributed by atoms with Crippen LogP contribution >= 0.6 is 11.8 Å². The van der Waals surface area contributed by atoms with Crippen LogP contribution in [0.3, 0.4) is 0 Å². The summed E-state index contributed by atoms with van der Waals surface area (Å²) in [6.07, 6.45) is 5.38. The largest absolute Gasteiger partial charge is 0.353 e. The van der Waals surface area contributed by atoms with Gasteiger partial charge in [0.15, 0.2) is 0 Å². The predicted octanol–water partition coefficient (Wildman–Crippen LogP) is 3.51. The number of pyridine rings is 1. The van der Waals surface area contributed by atoms with Gasteiger partial charge in [-0.2, -0.15) is 0 Å². The summed E-state index contributed by atoms with van der Waals surface area (Å²) in [6, 6.07) is 7.92. The first-order valence-electron chi connectivity index (χ1n) is 10.4. The lowest BCUT2D eigenvalue weighted by Gasteiger charge is -2.36. The van der Waals surface area contributed by atoms with Gasteiger partial charge in [0.05, 0.1) is 5.56 Å². The Morgan fingerprint density at radius 2 is 1.83 bits per heavy atom. The Kier molecular flexibility index (Phi) is 5.99. The number of carbonyl (C=O) groups is 2. The van der Waals surface area contributed by atoms with Crippen LogP contribution in [0.5, 0.6) is 0 Å². The topological polar surface area (TPSA) is 56.8 Å². The molecule has 0 saturated carbocycles. The lowest BCUT2D eigenvalue weighted by Crippen LogP contribution is -2.49. The zero-order valence-electron chi connectivity index (χ0n) is 17.9. The van der Waals surface area contributed by atoms with Crippen molar-refractivity contribution in [3.63, 3.8) is 0 Å². The number of rotatable bonds is 4.